The predicted octanol–water partition coefficient (Wildman–Crippen LogP) is 1.20. The minimum absolute atomic E-state index is 0.138. The lowest BCUT2D eigenvalue weighted by molar-refractivity contribution is 0.0938. The van der Waals surface area contributed by atoms with Crippen LogP contribution >= 0.6 is 0 Å². The third kappa shape index (κ3) is 5.30. The summed E-state index contributed by atoms with van der Waals surface area (Å²) < 4.78 is 26.8. The number of hydrogen-bond donors (Lipinski definition) is 2. The maximum absolute atomic E-state index is 12.1. The second kappa shape index (κ2) is 7.90. The van der Waals surface area contributed by atoms with Gasteiger partial charge in [-0.2, -0.15) is 0 Å². The van der Waals surface area contributed by atoms with Gasteiger partial charge in [-0.3, -0.25) is 4.79 Å². The highest BCUT2D eigenvalue weighted by molar-refractivity contribution is 7.89. The molecular weight excluding hydrogens is 314 g/mol. The van der Waals surface area contributed by atoms with Crippen LogP contribution in [-0.2, 0) is 10.0 Å². The van der Waals surface area contributed by atoms with E-state index in [-0.39, 0.29) is 16.8 Å². The number of benzene rings is 1. The van der Waals surface area contributed by atoms with E-state index in [4.69, 9.17) is 0 Å². The maximum Gasteiger partial charge on any atom is 0.251 e. The Labute approximate surface area is 138 Å². The standard InChI is InChI=1S/C16H25N3O3S/c1-19(2)12-11-17-23(21,22)15-9-7-13(8-10-15)16(20)18-14-5-3-4-6-14/h7-10,14,17H,3-6,11-12H2,1-2H3,(H,18,20). The lowest BCUT2D eigenvalue weighted by Gasteiger charge is -2.13. The largest absolute Gasteiger partial charge is 0.349 e. The van der Waals surface area contributed by atoms with E-state index in [0.717, 1.165) is 25.7 Å². The van der Waals surface area contributed by atoms with Crippen LogP contribution in [0.1, 0.15) is 36.0 Å². The van der Waals surface area contributed by atoms with Gasteiger partial charge in [-0.25, -0.2) is 13.1 Å². The molecule has 2 rings (SSSR count). The van der Waals surface area contributed by atoms with Crippen molar-refractivity contribution in [1.82, 2.24) is 14.9 Å². The summed E-state index contributed by atoms with van der Waals surface area (Å²) in [6.45, 7) is 0.973. The smallest absolute Gasteiger partial charge is 0.251 e. The molecule has 1 aromatic rings. The summed E-state index contributed by atoms with van der Waals surface area (Å²) in [6, 6.07) is 6.32. The van der Waals surface area contributed by atoms with Crippen molar-refractivity contribution in [3.8, 4) is 0 Å². The molecule has 0 unspecified atom stereocenters. The molecule has 0 heterocycles. The van der Waals surface area contributed by atoms with Gasteiger partial charge in [0.05, 0.1) is 4.90 Å². The summed E-state index contributed by atoms with van der Waals surface area (Å²) in [5.74, 6) is -0.138. The first-order valence-electron chi connectivity index (χ1n) is 7.94. The van der Waals surface area contributed by atoms with Gasteiger partial charge in [0.2, 0.25) is 10.0 Å². The molecule has 128 valence electrons. The van der Waals surface area contributed by atoms with Gasteiger partial charge in [0.15, 0.2) is 0 Å². The van der Waals surface area contributed by atoms with Crippen molar-refractivity contribution in [2.75, 3.05) is 27.2 Å². The molecule has 1 saturated carbocycles. The summed E-state index contributed by atoms with van der Waals surface area (Å²) in [7, 11) is 0.233. The molecule has 23 heavy (non-hydrogen) atoms. The molecule has 1 amide bonds. The van der Waals surface area contributed by atoms with Crippen LogP contribution in [0.3, 0.4) is 0 Å². The fraction of sp³-hybridized carbons (Fsp3) is 0.562. The Balaban J connectivity index is 1.96. The topological polar surface area (TPSA) is 78.5 Å². The lowest BCUT2D eigenvalue weighted by atomic mass is 10.2. The Morgan fingerprint density at radius 3 is 2.35 bits per heavy atom. The van der Waals surface area contributed by atoms with Crippen LogP contribution in [0.4, 0.5) is 0 Å². The van der Waals surface area contributed by atoms with Crippen LogP contribution in [0.5, 0.6) is 0 Å². The van der Waals surface area contributed by atoms with Crippen molar-refractivity contribution >= 4 is 15.9 Å². The van der Waals surface area contributed by atoms with E-state index >= 15 is 0 Å². The second-order valence-corrected chi connectivity index (χ2v) is 7.95. The third-order valence-electron chi connectivity index (χ3n) is 3.97. The van der Waals surface area contributed by atoms with E-state index < -0.39 is 10.0 Å². The molecule has 0 aromatic heterocycles. The predicted molar refractivity (Wildman–Crippen MR) is 89.9 cm³/mol. The monoisotopic (exact) mass is 339 g/mol. The van der Waals surface area contributed by atoms with E-state index in [2.05, 4.69) is 10.0 Å². The molecule has 1 aliphatic rings. The molecule has 2 N–H and O–H groups in total. The highest BCUT2D eigenvalue weighted by atomic mass is 32.2. The fourth-order valence-corrected chi connectivity index (χ4v) is 3.63. The number of carbonyl (C=O) groups is 1. The maximum atomic E-state index is 12.1. The zero-order chi connectivity index (χ0) is 16.9. The zero-order valence-corrected chi connectivity index (χ0v) is 14.5. The highest BCUT2D eigenvalue weighted by Crippen LogP contribution is 2.18. The minimum atomic E-state index is -3.53. The molecule has 7 heteroatoms. The van der Waals surface area contributed by atoms with Crippen molar-refractivity contribution < 1.29 is 13.2 Å². The van der Waals surface area contributed by atoms with E-state index in [0.29, 0.717) is 18.7 Å². The Hall–Kier alpha value is -1.44. The molecule has 0 saturated heterocycles. The highest BCUT2D eigenvalue weighted by Gasteiger charge is 2.19. The molecule has 0 radical (unpaired) electrons. The molecule has 1 fully saturated rings. The Kier molecular flexibility index (Phi) is 6.15. The van der Waals surface area contributed by atoms with E-state index in [9.17, 15) is 13.2 Å². The van der Waals surface area contributed by atoms with Gasteiger partial charge in [0, 0.05) is 24.7 Å². The molecule has 0 aliphatic heterocycles. The SMILES string of the molecule is CN(C)CCNS(=O)(=O)c1ccc(C(=O)NC2CCCC2)cc1. The van der Waals surface area contributed by atoms with E-state index in [1.807, 2.05) is 19.0 Å². The van der Waals surface area contributed by atoms with Crippen molar-refractivity contribution in [2.24, 2.45) is 0 Å². The molecule has 0 atom stereocenters. The van der Waals surface area contributed by atoms with Gasteiger partial charge in [0.1, 0.15) is 0 Å². The van der Waals surface area contributed by atoms with E-state index in [1.54, 1.807) is 12.1 Å². The average Bonchev–Trinajstić information content (AvgIpc) is 2.99. The van der Waals surface area contributed by atoms with Crippen LogP contribution in [0.25, 0.3) is 0 Å². The minimum Gasteiger partial charge on any atom is -0.349 e. The molecule has 6 nitrogen and oxygen atoms in total. The number of rotatable bonds is 7. The van der Waals surface area contributed by atoms with Gasteiger partial charge < -0.3 is 10.2 Å². The summed E-state index contributed by atoms with van der Waals surface area (Å²) in [4.78, 5) is 14.2. The molecule has 1 aliphatic carbocycles. The first-order chi connectivity index (χ1) is 10.9. The molecular formula is C16H25N3O3S. The quantitative estimate of drug-likeness (QED) is 0.782. The average molecular weight is 339 g/mol. The first-order valence-corrected chi connectivity index (χ1v) is 9.42. The van der Waals surface area contributed by atoms with Gasteiger partial charge in [-0.15, -0.1) is 0 Å². The van der Waals surface area contributed by atoms with Gasteiger partial charge >= 0.3 is 0 Å². The Morgan fingerprint density at radius 1 is 1.17 bits per heavy atom. The van der Waals surface area contributed by atoms with E-state index in [1.165, 1.54) is 12.1 Å². The lowest BCUT2D eigenvalue weighted by Crippen LogP contribution is -2.33. The van der Waals surface area contributed by atoms with Gasteiger partial charge in [0.25, 0.3) is 5.91 Å². The van der Waals surface area contributed by atoms with Crippen LogP contribution in [0, 0.1) is 0 Å². The van der Waals surface area contributed by atoms with Crippen LogP contribution < -0.4 is 10.0 Å². The fourth-order valence-electron chi connectivity index (χ4n) is 2.61. The van der Waals surface area contributed by atoms with Crippen LogP contribution in [0.2, 0.25) is 0 Å². The van der Waals surface area contributed by atoms with Crippen molar-refractivity contribution in [1.29, 1.82) is 0 Å². The first kappa shape index (κ1) is 17.9. The zero-order valence-electron chi connectivity index (χ0n) is 13.7. The molecule has 0 bridgehead atoms. The van der Waals surface area contributed by atoms with Crippen LogP contribution in [0.15, 0.2) is 29.2 Å². The molecule has 1 aromatic carbocycles. The number of hydrogen-bond acceptors (Lipinski definition) is 4. The summed E-state index contributed by atoms with van der Waals surface area (Å²) >= 11 is 0. The number of carbonyl (C=O) groups excluding carboxylic acids is 1. The number of sulfonamides is 1. The third-order valence-corrected chi connectivity index (χ3v) is 5.45. The van der Waals surface area contributed by atoms with Gasteiger partial charge in [-0.1, -0.05) is 12.8 Å². The normalized spacial score (nSPS) is 16.0. The van der Waals surface area contributed by atoms with Crippen molar-refractivity contribution in [3.05, 3.63) is 29.8 Å². The second-order valence-electron chi connectivity index (χ2n) is 6.18. The number of amides is 1. The Bertz CT molecular complexity index is 620. The Morgan fingerprint density at radius 2 is 1.78 bits per heavy atom. The summed E-state index contributed by atoms with van der Waals surface area (Å²) in [5, 5.41) is 2.99. The van der Waals surface area contributed by atoms with Crippen molar-refractivity contribution in [2.45, 2.75) is 36.6 Å². The summed E-state index contributed by atoms with van der Waals surface area (Å²) in [5.41, 5.74) is 0.490. The van der Waals surface area contributed by atoms with Gasteiger partial charge in [-0.05, 0) is 51.2 Å². The summed E-state index contributed by atoms with van der Waals surface area (Å²) in [6.07, 6.45) is 4.35. The number of nitrogens with zero attached hydrogens (tertiary/aromatic N) is 1. The number of likely N-dealkylation sites (N-methyl/N-ethyl adjacent to an activating group) is 1. The van der Waals surface area contributed by atoms with Crippen LogP contribution in [-0.4, -0.2) is 52.5 Å². The number of nitrogens with one attached hydrogen (secondary N) is 2. The molecule has 0 spiro atoms. The van der Waals surface area contributed by atoms with Crippen molar-refractivity contribution in [3.63, 3.8) is 0 Å².